The van der Waals surface area contributed by atoms with Gasteiger partial charge in [-0.1, -0.05) is 48.5 Å². The first kappa shape index (κ1) is 26.7. The molecule has 2 aliphatic rings. The number of rotatable bonds is 6. The number of halogens is 2. The van der Waals surface area contributed by atoms with Crippen molar-refractivity contribution in [2.24, 2.45) is 0 Å². The van der Waals surface area contributed by atoms with Gasteiger partial charge in [0.1, 0.15) is 11.5 Å². The number of benzene rings is 4. The van der Waals surface area contributed by atoms with Crippen molar-refractivity contribution < 1.29 is 19.8 Å². The summed E-state index contributed by atoms with van der Waals surface area (Å²) in [5, 5.41) is 24.6. The fourth-order valence-corrected chi connectivity index (χ4v) is 6.77. The van der Waals surface area contributed by atoms with E-state index < -0.39 is 0 Å². The van der Waals surface area contributed by atoms with Gasteiger partial charge >= 0.3 is 0 Å². The van der Waals surface area contributed by atoms with Crippen LogP contribution in [0.15, 0.2) is 60.7 Å². The normalized spacial score (nSPS) is 18.1. The number of carbonyl (C=O) groups is 2. The number of carbonyl (C=O) groups excluding carboxylic acids is 2. The third-order valence-corrected chi connectivity index (χ3v) is 8.82. The standard InChI is InChI=1S/C31H29Cl2N3O4/c1-34(16-28(39)35-14-18(12-32)30-22-8-4-2-6-20(22)26(37)10-24(30)35)17-29(40)36-15-19(13-33)31-23-9-5-3-7-21(23)27(38)11-25(31)36/h2-11,18-19,37-38H,12-17H2,1H3. The molecule has 0 radical (unpaired) electrons. The number of hydrogen-bond acceptors (Lipinski definition) is 5. The third kappa shape index (κ3) is 4.33. The fourth-order valence-electron chi connectivity index (χ4n) is 6.27. The summed E-state index contributed by atoms with van der Waals surface area (Å²) < 4.78 is 0. The predicted octanol–water partition coefficient (Wildman–Crippen LogP) is 5.37. The van der Waals surface area contributed by atoms with E-state index in [1.54, 1.807) is 33.9 Å². The SMILES string of the molecule is CN(CC(=O)N1CC(CCl)c2c1cc(O)c1ccccc21)CC(=O)N1CC(CCl)c2c1cc(O)c1ccccc21. The van der Waals surface area contributed by atoms with Crippen molar-refractivity contribution in [2.45, 2.75) is 11.8 Å². The predicted molar refractivity (Wildman–Crippen MR) is 160 cm³/mol. The Bertz CT molecular complexity index is 1540. The van der Waals surface area contributed by atoms with Crippen LogP contribution in [0.1, 0.15) is 23.0 Å². The van der Waals surface area contributed by atoms with Gasteiger partial charge < -0.3 is 20.0 Å². The first-order chi connectivity index (χ1) is 19.3. The zero-order chi connectivity index (χ0) is 28.1. The van der Waals surface area contributed by atoms with E-state index in [0.29, 0.717) is 36.2 Å². The molecular weight excluding hydrogens is 549 g/mol. The van der Waals surface area contributed by atoms with Crippen LogP contribution in [0.4, 0.5) is 11.4 Å². The number of alkyl halides is 2. The van der Waals surface area contributed by atoms with Crippen molar-refractivity contribution in [3.8, 4) is 11.5 Å². The van der Waals surface area contributed by atoms with Gasteiger partial charge in [-0.3, -0.25) is 14.5 Å². The van der Waals surface area contributed by atoms with E-state index in [2.05, 4.69) is 0 Å². The maximum Gasteiger partial charge on any atom is 0.241 e. The van der Waals surface area contributed by atoms with Gasteiger partial charge in [0, 0.05) is 59.6 Å². The van der Waals surface area contributed by atoms with E-state index in [-0.39, 0.29) is 48.2 Å². The van der Waals surface area contributed by atoms with E-state index in [0.717, 1.165) is 32.7 Å². The number of anilines is 2. The smallest absolute Gasteiger partial charge is 0.241 e. The van der Waals surface area contributed by atoms with Crippen LogP contribution in [0.25, 0.3) is 21.5 Å². The first-order valence-electron chi connectivity index (χ1n) is 13.2. The van der Waals surface area contributed by atoms with Gasteiger partial charge in [-0.15, -0.1) is 23.2 Å². The number of likely N-dealkylation sites (N-methyl/N-ethyl adjacent to an activating group) is 1. The molecule has 0 fully saturated rings. The van der Waals surface area contributed by atoms with Gasteiger partial charge in [0.2, 0.25) is 11.8 Å². The fraction of sp³-hybridized carbons (Fsp3) is 0.290. The molecule has 4 aromatic rings. The van der Waals surface area contributed by atoms with Gasteiger partial charge in [0.05, 0.1) is 24.5 Å². The van der Waals surface area contributed by atoms with Crippen LogP contribution in [0.3, 0.4) is 0 Å². The average molecular weight is 578 g/mol. The van der Waals surface area contributed by atoms with Crippen LogP contribution >= 0.6 is 23.2 Å². The van der Waals surface area contributed by atoms with Gasteiger partial charge in [-0.05, 0) is 28.9 Å². The molecule has 40 heavy (non-hydrogen) atoms. The number of fused-ring (bicyclic) bond motifs is 6. The quantitative estimate of drug-likeness (QED) is 0.301. The van der Waals surface area contributed by atoms with E-state index in [4.69, 9.17) is 23.2 Å². The zero-order valence-electron chi connectivity index (χ0n) is 22.0. The summed E-state index contributed by atoms with van der Waals surface area (Å²) >= 11 is 12.6. The van der Waals surface area contributed by atoms with Crippen molar-refractivity contribution in [1.82, 2.24) is 4.90 Å². The molecule has 2 atom stereocenters. The molecule has 0 aliphatic carbocycles. The lowest BCUT2D eigenvalue weighted by Gasteiger charge is -2.25. The first-order valence-corrected chi connectivity index (χ1v) is 14.3. The Morgan fingerprint density at radius 3 is 1.50 bits per heavy atom. The minimum Gasteiger partial charge on any atom is -0.507 e. The number of amides is 2. The second kappa shape index (κ2) is 10.5. The van der Waals surface area contributed by atoms with Crippen LogP contribution < -0.4 is 9.80 Å². The van der Waals surface area contributed by atoms with E-state index in [1.807, 2.05) is 48.5 Å². The molecule has 0 bridgehead atoms. The minimum atomic E-state index is -0.178. The molecule has 0 aromatic heterocycles. The maximum absolute atomic E-state index is 13.5. The Kier molecular flexibility index (Phi) is 6.98. The summed E-state index contributed by atoms with van der Waals surface area (Å²) in [5.41, 5.74) is 3.24. The molecule has 0 saturated carbocycles. The van der Waals surface area contributed by atoms with Crippen molar-refractivity contribution >= 4 is 67.9 Å². The summed E-state index contributed by atoms with van der Waals surface area (Å²) in [7, 11) is 1.73. The van der Waals surface area contributed by atoms with Crippen LogP contribution in [-0.4, -0.2) is 71.9 Å². The second-order valence-corrected chi connectivity index (χ2v) is 11.2. The van der Waals surface area contributed by atoms with Gasteiger partial charge in [-0.25, -0.2) is 0 Å². The average Bonchev–Trinajstić information content (AvgIpc) is 3.52. The molecule has 2 N–H and O–H groups in total. The Labute approximate surface area is 242 Å². The lowest BCUT2D eigenvalue weighted by atomic mass is 9.95. The molecule has 2 heterocycles. The molecule has 206 valence electrons. The molecule has 2 aliphatic heterocycles. The summed E-state index contributed by atoms with van der Waals surface area (Å²) in [6.45, 7) is 0.846. The lowest BCUT2D eigenvalue weighted by molar-refractivity contribution is -0.121. The Balaban J connectivity index is 1.22. The summed E-state index contributed by atoms with van der Waals surface area (Å²) in [5.74, 6) is 0.440. The van der Waals surface area contributed by atoms with Gasteiger partial charge in [0.15, 0.2) is 0 Å². The Hall–Kier alpha value is -3.52. The monoisotopic (exact) mass is 577 g/mol. The number of aromatic hydroxyl groups is 2. The highest BCUT2D eigenvalue weighted by molar-refractivity contribution is 6.19. The minimum absolute atomic E-state index is 0.0103. The van der Waals surface area contributed by atoms with Gasteiger partial charge in [0.25, 0.3) is 0 Å². The molecule has 4 aromatic carbocycles. The number of phenolic OH excluding ortho intramolecular Hbond substituents is 2. The molecule has 7 nitrogen and oxygen atoms in total. The number of phenols is 2. The summed E-state index contributed by atoms with van der Waals surface area (Å²) in [4.78, 5) is 32.0. The van der Waals surface area contributed by atoms with E-state index in [1.165, 1.54) is 0 Å². The van der Waals surface area contributed by atoms with E-state index >= 15 is 0 Å². The van der Waals surface area contributed by atoms with Crippen LogP contribution in [0, 0.1) is 0 Å². The van der Waals surface area contributed by atoms with Crippen molar-refractivity contribution in [3.63, 3.8) is 0 Å². The zero-order valence-corrected chi connectivity index (χ0v) is 23.5. The van der Waals surface area contributed by atoms with Crippen LogP contribution in [0.5, 0.6) is 11.5 Å². The third-order valence-electron chi connectivity index (χ3n) is 8.07. The highest BCUT2D eigenvalue weighted by Crippen LogP contribution is 2.46. The summed E-state index contributed by atoms with van der Waals surface area (Å²) in [6, 6.07) is 18.4. The Morgan fingerprint density at radius 2 is 1.12 bits per heavy atom. The van der Waals surface area contributed by atoms with Crippen molar-refractivity contribution in [1.29, 1.82) is 0 Å². The van der Waals surface area contributed by atoms with E-state index in [9.17, 15) is 19.8 Å². The highest BCUT2D eigenvalue weighted by atomic mass is 35.5. The van der Waals surface area contributed by atoms with Crippen LogP contribution in [-0.2, 0) is 9.59 Å². The number of hydrogen-bond donors (Lipinski definition) is 2. The number of nitrogens with zero attached hydrogens (tertiary/aromatic N) is 3. The largest absolute Gasteiger partial charge is 0.507 e. The second-order valence-electron chi connectivity index (χ2n) is 10.6. The topological polar surface area (TPSA) is 84.3 Å². The van der Waals surface area contributed by atoms with Crippen LogP contribution in [0.2, 0.25) is 0 Å². The molecule has 9 heteroatoms. The molecule has 0 spiro atoms. The Morgan fingerprint density at radius 1 is 0.750 bits per heavy atom. The maximum atomic E-state index is 13.5. The highest BCUT2D eigenvalue weighted by Gasteiger charge is 2.37. The lowest BCUT2D eigenvalue weighted by Crippen LogP contribution is -2.43. The summed E-state index contributed by atoms with van der Waals surface area (Å²) in [6.07, 6.45) is 0. The molecule has 6 rings (SSSR count). The van der Waals surface area contributed by atoms with Crippen molar-refractivity contribution in [3.05, 3.63) is 71.8 Å². The molecule has 2 unspecified atom stereocenters. The van der Waals surface area contributed by atoms with Gasteiger partial charge in [-0.2, -0.15) is 0 Å². The van der Waals surface area contributed by atoms with Crippen molar-refractivity contribution in [2.75, 3.05) is 54.8 Å². The molecular formula is C31H29Cl2N3O4. The molecule has 0 saturated heterocycles. The molecule has 2 amide bonds.